The average Bonchev–Trinajstić information content (AvgIpc) is 2.09. The SMILES string of the molecule is CN(C)[C@@H]1CO[C@H](CO)[C@H](O)[C@@H]1O. The molecule has 0 unspecified atom stereocenters. The molecule has 1 fully saturated rings. The van der Waals surface area contributed by atoms with Gasteiger partial charge in [-0.05, 0) is 14.1 Å². The van der Waals surface area contributed by atoms with Gasteiger partial charge in [-0.15, -0.1) is 0 Å². The summed E-state index contributed by atoms with van der Waals surface area (Å²) in [4.78, 5) is 1.79. The number of aliphatic hydroxyl groups is 3. The molecule has 3 N–H and O–H groups in total. The largest absolute Gasteiger partial charge is 0.394 e. The van der Waals surface area contributed by atoms with Crippen molar-refractivity contribution in [1.82, 2.24) is 4.90 Å². The molecule has 78 valence electrons. The van der Waals surface area contributed by atoms with Crippen LogP contribution in [0.15, 0.2) is 0 Å². The second-order valence-corrected chi connectivity index (χ2v) is 3.57. The Morgan fingerprint density at radius 2 is 1.92 bits per heavy atom. The number of hydrogen-bond acceptors (Lipinski definition) is 5. The summed E-state index contributed by atoms with van der Waals surface area (Å²) in [5.74, 6) is 0. The van der Waals surface area contributed by atoms with E-state index in [-0.39, 0.29) is 12.6 Å². The Balaban J connectivity index is 2.59. The minimum Gasteiger partial charge on any atom is -0.394 e. The van der Waals surface area contributed by atoms with Gasteiger partial charge in [0.05, 0.1) is 19.3 Å². The summed E-state index contributed by atoms with van der Waals surface area (Å²) in [5, 5.41) is 27.9. The van der Waals surface area contributed by atoms with Crippen molar-refractivity contribution in [3.05, 3.63) is 0 Å². The number of aliphatic hydroxyl groups excluding tert-OH is 3. The fourth-order valence-electron chi connectivity index (χ4n) is 1.48. The van der Waals surface area contributed by atoms with Crippen LogP contribution in [0.2, 0.25) is 0 Å². The maximum Gasteiger partial charge on any atom is 0.110 e. The third-order valence-electron chi connectivity index (χ3n) is 2.45. The lowest BCUT2D eigenvalue weighted by molar-refractivity contribution is -0.176. The Kier molecular flexibility index (Phi) is 3.63. The van der Waals surface area contributed by atoms with Gasteiger partial charge < -0.3 is 25.0 Å². The first-order valence-electron chi connectivity index (χ1n) is 4.33. The van der Waals surface area contributed by atoms with Crippen molar-refractivity contribution in [2.45, 2.75) is 24.4 Å². The molecular formula is C8H17NO4. The van der Waals surface area contributed by atoms with E-state index in [9.17, 15) is 10.2 Å². The predicted molar refractivity (Wildman–Crippen MR) is 46.3 cm³/mol. The third kappa shape index (κ3) is 2.18. The van der Waals surface area contributed by atoms with Gasteiger partial charge in [0.15, 0.2) is 0 Å². The molecule has 0 aromatic rings. The van der Waals surface area contributed by atoms with Crippen molar-refractivity contribution in [3.63, 3.8) is 0 Å². The zero-order valence-electron chi connectivity index (χ0n) is 7.92. The van der Waals surface area contributed by atoms with E-state index in [2.05, 4.69) is 0 Å². The molecule has 0 saturated carbocycles. The van der Waals surface area contributed by atoms with Crippen LogP contribution in [0, 0.1) is 0 Å². The summed E-state index contributed by atoms with van der Waals surface area (Å²) in [6.45, 7) is 0.0643. The average molecular weight is 191 g/mol. The van der Waals surface area contributed by atoms with Gasteiger partial charge in [-0.2, -0.15) is 0 Å². The predicted octanol–water partition coefficient (Wildman–Crippen LogP) is -1.97. The Labute approximate surface area is 77.5 Å². The van der Waals surface area contributed by atoms with Gasteiger partial charge in [0.1, 0.15) is 18.3 Å². The summed E-state index contributed by atoms with van der Waals surface area (Å²) in [6.07, 6.45) is -2.53. The zero-order chi connectivity index (χ0) is 10.0. The second kappa shape index (κ2) is 4.34. The number of likely N-dealkylation sites (N-methyl/N-ethyl adjacent to an activating group) is 1. The summed E-state index contributed by atoms with van der Waals surface area (Å²) in [7, 11) is 3.62. The molecule has 5 nitrogen and oxygen atoms in total. The molecule has 0 radical (unpaired) electrons. The minimum absolute atomic E-state index is 0.210. The van der Waals surface area contributed by atoms with Gasteiger partial charge in [-0.1, -0.05) is 0 Å². The highest BCUT2D eigenvalue weighted by molar-refractivity contribution is 4.90. The number of hydrogen-bond donors (Lipinski definition) is 3. The fourth-order valence-corrected chi connectivity index (χ4v) is 1.48. The van der Waals surface area contributed by atoms with Crippen molar-refractivity contribution in [1.29, 1.82) is 0 Å². The number of rotatable bonds is 2. The van der Waals surface area contributed by atoms with Crippen molar-refractivity contribution in [2.24, 2.45) is 0 Å². The van der Waals surface area contributed by atoms with Crippen LogP contribution in [-0.2, 0) is 4.74 Å². The second-order valence-electron chi connectivity index (χ2n) is 3.57. The van der Waals surface area contributed by atoms with Crippen LogP contribution in [0.25, 0.3) is 0 Å². The highest BCUT2D eigenvalue weighted by atomic mass is 16.5. The highest BCUT2D eigenvalue weighted by Gasteiger charge is 2.38. The lowest BCUT2D eigenvalue weighted by Gasteiger charge is -2.39. The molecule has 1 saturated heterocycles. The lowest BCUT2D eigenvalue weighted by atomic mass is 9.98. The molecule has 1 aliphatic rings. The standard InChI is InChI=1S/C8H17NO4/c1-9(2)5-4-13-6(3-10)8(12)7(5)11/h5-8,10-12H,3-4H2,1-2H3/t5-,6-,7-,8+/m1/s1. The summed E-state index contributed by atoms with van der Waals surface area (Å²) < 4.78 is 5.18. The van der Waals surface area contributed by atoms with E-state index in [4.69, 9.17) is 9.84 Å². The topological polar surface area (TPSA) is 73.2 Å². The van der Waals surface area contributed by atoms with Crippen molar-refractivity contribution in [3.8, 4) is 0 Å². The zero-order valence-corrected chi connectivity index (χ0v) is 7.92. The monoisotopic (exact) mass is 191 g/mol. The van der Waals surface area contributed by atoms with Crippen LogP contribution in [0.4, 0.5) is 0 Å². The van der Waals surface area contributed by atoms with E-state index >= 15 is 0 Å². The normalized spacial score (nSPS) is 41.1. The highest BCUT2D eigenvalue weighted by Crippen LogP contribution is 2.17. The Morgan fingerprint density at radius 3 is 2.38 bits per heavy atom. The summed E-state index contributed by atoms with van der Waals surface area (Å²) >= 11 is 0. The molecule has 0 spiro atoms. The molecule has 0 amide bonds. The molecule has 13 heavy (non-hydrogen) atoms. The summed E-state index contributed by atoms with van der Waals surface area (Å²) in [6, 6.07) is -0.210. The minimum atomic E-state index is -1.01. The van der Waals surface area contributed by atoms with Gasteiger partial charge in [0.25, 0.3) is 0 Å². The molecular weight excluding hydrogens is 174 g/mol. The molecule has 0 bridgehead atoms. The van der Waals surface area contributed by atoms with Gasteiger partial charge in [0.2, 0.25) is 0 Å². The maximum atomic E-state index is 9.63. The number of ether oxygens (including phenoxy) is 1. The van der Waals surface area contributed by atoms with Gasteiger partial charge in [0, 0.05) is 0 Å². The first kappa shape index (κ1) is 10.9. The van der Waals surface area contributed by atoms with Crippen molar-refractivity contribution in [2.75, 3.05) is 27.3 Å². The van der Waals surface area contributed by atoms with Crippen LogP contribution in [-0.4, -0.2) is 71.9 Å². The van der Waals surface area contributed by atoms with E-state index in [1.165, 1.54) is 0 Å². The van der Waals surface area contributed by atoms with E-state index < -0.39 is 18.3 Å². The van der Waals surface area contributed by atoms with Gasteiger partial charge in [-0.25, -0.2) is 0 Å². The summed E-state index contributed by atoms with van der Waals surface area (Å²) in [5.41, 5.74) is 0. The van der Waals surface area contributed by atoms with Crippen LogP contribution in [0.5, 0.6) is 0 Å². The molecule has 1 aliphatic heterocycles. The Hall–Kier alpha value is -0.200. The van der Waals surface area contributed by atoms with Crippen molar-refractivity contribution >= 4 is 0 Å². The van der Waals surface area contributed by atoms with E-state index in [1.54, 1.807) is 4.90 Å². The molecule has 5 heteroatoms. The lowest BCUT2D eigenvalue weighted by Crippen LogP contribution is -2.58. The smallest absolute Gasteiger partial charge is 0.110 e. The molecule has 1 rings (SSSR count). The molecule has 0 aromatic heterocycles. The molecule has 1 heterocycles. The van der Waals surface area contributed by atoms with Crippen LogP contribution in [0.1, 0.15) is 0 Å². The number of nitrogens with zero attached hydrogens (tertiary/aromatic N) is 1. The van der Waals surface area contributed by atoms with Crippen LogP contribution in [0.3, 0.4) is 0 Å². The first-order chi connectivity index (χ1) is 6.07. The Bertz CT molecular complexity index is 164. The van der Waals surface area contributed by atoms with Gasteiger partial charge >= 0.3 is 0 Å². The third-order valence-corrected chi connectivity index (χ3v) is 2.45. The van der Waals surface area contributed by atoms with Gasteiger partial charge in [-0.3, -0.25) is 0 Å². The molecule has 0 aliphatic carbocycles. The van der Waals surface area contributed by atoms with Crippen LogP contribution >= 0.6 is 0 Å². The Morgan fingerprint density at radius 1 is 1.31 bits per heavy atom. The first-order valence-corrected chi connectivity index (χ1v) is 4.33. The van der Waals surface area contributed by atoms with E-state index in [1.807, 2.05) is 14.1 Å². The maximum absolute atomic E-state index is 9.63. The van der Waals surface area contributed by atoms with E-state index in [0.29, 0.717) is 6.61 Å². The fraction of sp³-hybridized carbons (Fsp3) is 1.00. The molecule has 4 atom stereocenters. The van der Waals surface area contributed by atoms with Crippen molar-refractivity contribution < 1.29 is 20.1 Å². The quantitative estimate of drug-likeness (QED) is 0.472. The molecule has 0 aromatic carbocycles. The van der Waals surface area contributed by atoms with E-state index in [0.717, 1.165) is 0 Å². The van der Waals surface area contributed by atoms with Crippen LogP contribution < -0.4 is 0 Å².